The van der Waals surface area contributed by atoms with Gasteiger partial charge in [0, 0.05) is 5.56 Å². The summed E-state index contributed by atoms with van der Waals surface area (Å²) >= 11 is 12.2. The normalized spacial score (nSPS) is 13.7. The van der Waals surface area contributed by atoms with Crippen molar-refractivity contribution in [2.75, 3.05) is 0 Å². The average molecular weight is 385 g/mol. The number of hydrogen-bond acceptors (Lipinski definition) is 4. The molecule has 1 aromatic heterocycles. The van der Waals surface area contributed by atoms with Crippen LogP contribution in [0.15, 0.2) is 64.1 Å². The Kier molecular flexibility index (Phi) is 4.11. The largest absolute Gasteiger partial charge is 0.455 e. The van der Waals surface area contributed by atoms with E-state index in [4.69, 9.17) is 27.6 Å². The lowest BCUT2D eigenvalue weighted by molar-refractivity contribution is 0.0660. The molecule has 1 aliphatic rings. The number of carbonyl (C=O) groups is 2. The molecule has 1 aliphatic heterocycles. The number of nitrogens with zero attached hydrogens (tertiary/aromatic N) is 2. The maximum atomic E-state index is 12.3. The molecular formula is C19H10Cl2N2O3. The molecule has 0 bridgehead atoms. The van der Waals surface area contributed by atoms with E-state index in [-0.39, 0.29) is 0 Å². The molecule has 0 spiro atoms. The quantitative estimate of drug-likeness (QED) is 0.477. The highest BCUT2D eigenvalue weighted by Crippen LogP contribution is 2.34. The van der Waals surface area contributed by atoms with Crippen LogP contribution in [0.25, 0.3) is 11.3 Å². The third-order valence-electron chi connectivity index (χ3n) is 3.92. The maximum Gasteiger partial charge on any atom is 0.282 e. The van der Waals surface area contributed by atoms with Gasteiger partial charge < -0.3 is 4.42 Å². The van der Waals surface area contributed by atoms with Crippen molar-refractivity contribution in [3.63, 3.8) is 0 Å². The molecule has 2 aromatic carbocycles. The average Bonchev–Trinajstić information content (AvgIpc) is 3.20. The Hall–Kier alpha value is -2.89. The molecule has 0 radical (unpaired) electrons. The first kappa shape index (κ1) is 16.6. The van der Waals surface area contributed by atoms with Crippen molar-refractivity contribution < 1.29 is 14.0 Å². The van der Waals surface area contributed by atoms with Gasteiger partial charge in [-0.15, -0.1) is 0 Å². The van der Waals surface area contributed by atoms with Gasteiger partial charge in [-0.1, -0.05) is 41.4 Å². The predicted molar refractivity (Wildman–Crippen MR) is 98.7 cm³/mol. The van der Waals surface area contributed by atoms with E-state index in [0.717, 1.165) is 5.01 Å². The number of hydrogen-bond donors (Lipinski definition) is 0. The fourth-order valence-electron chi connectivity index (χ4n) is 2.66. The SMILES string of the molecule is O=C1c2ccccc2C(=O)N1/N=C\c1ccc(-c2cccc(Cl)c2Cl)o1. The number of halogens is 2. The minimum Gasteiger partial charge on any atom is -0.455 e. The molecule has 7 heteroatoms. The Bertz CT molecular complexity index is 1040. The summed E-state index contributed by atoms with van der Waals surface area (Å²) in [5.41, 5.74) is 1.31. The molecule has 4 rings (SSSR count). The molecule has 0 saturated carbocycles. The highest BCUT2D eigenvalue weighted by atomic mass is 35.5. The van der Waals surface area contributed by atoms with E-state index in [2.05, 4.69) is 5.10 Å². The van der Waals surface area contributed by atoms with Crippen LogP contribution in [-0.4, -0.2) is 23.0 Å². The number of benzene rings is 2. The first-order valence-electron chi connectivity index (χ1n) is 7.62. The standard InChI is InChI=1S/C19H10Cl2N2O3/c20-15-7-3-6-14(17(15)21)16-9-8-11(26-16)10-22-23-18(24)12-4-1-2-5-13(12)19(23)25/h1-10H/b22-10-. The van der Waals surface area contributed by atoms with E-state index >= 15 is 0 Å². The van der Waals surface area contributed by atoms with E-state index in [9.17, 15) is 9.59 Å². The van der Waals surface area contributed by atoms with E-state index in [1.54, 1.807) is 54.6 Å². The zero-order valence-electron chi connectivity index (χ0n) is 13.1. The van der Waals surface area contributed by atoms with Gasteiger partial charge in [0.25, 0.3) is 11.8 Å². The van der Waals surface area contributed by atoms with Gasteiger partial charge in [0.15, 0.2) is 0 Å². The fourth-order valence-corrected chi connectivity index (χ4v) is 3.05. The van der Waals surface area contributed by atoms with Crippen LogP contribution in [0.3, 0.4) is 0 Å². The smallest absolute Gasteiger partial charge is 0.282 e. The Morgan fingerprint density at radius 2 is 1.50 bits per heavy atom. The first-order valence-corrected chi connectivity index (χ1v) is 8.38. The highest BCUT2D eigenvalue weighted by molar-refractivity contribution is 6.43. The highest BCUT2D eigenvalue weighted by Gasteiger charge is 2.35. The van der Waals surface area contributed by atoms with Gasteiger partial charge >= 0.3 is 0 Å². The second-order valence-electron chi connectivity index (χ2n) is 5.52. The first-order chi connectivity index (χ1) is 12.6. The van der Waals surface area contributed by atoms with Gasteiger partial charge in [0.1, 0.15) is 11.5 Å². The van der Waals surface area contributed by atoms with Crippen molar-refractivity contribution in [3.8, 4) is 11.3 Å². The molecule has 0 saturated heterocycles. The Labute approximate surface area is 158 Å². The van der Waals surface area contributed by atoms with Crippen LogP contribution < -0.4 is 0 Å². The summed E-state index contributed by atoms with van der Waals surface area (Å²) < 4.78 is 5.67. The number of carbonyl (C=O) groups excluding carboxylic acids is 2. The van der Waals surface area contributed by atoms with Crippen molar-refractivity contribution in [3.05, 3.63) is 81.5 Å². The lowest BCUT2D eigenvalue weighted by Gasteiger charge is -2.04. The third-order valence-corrected chi connectivity index (χ3v) is 4.74. The van der Waals surface area contributed by atoms with Crippen molar-refractivity contribution in [1.29, 1.82) is 0 Å². The lowest BCUT2D eigenvalue weighted by Crippen LogP contribution is -2.23. The van der Waals surface area contributed by atoms with Gasteiger partial charge in [-0.2, -0.15) is 10.1 Å². The molecule has 5 nitrogen and oxygen atoms in total. The minimum absolute atomic E-state index is 0.334. The van der Waals surface area contributed by atoms with Crippen LogP contribution >= 0.6 is 23.2 Å². The number of furan rings is 1. The lowest BCUT2D eigenvalue weighted by atomic mass is 10.1. The number of rotatable bonds is 3. The summed E-state index contributed by atoms with van der Waals surface area (Å²) in [5, 5.41) is 5.59. The Balaban J connectivity index is 1.60. The second kappa shape index (κ2) is 6.44. The van der Waals surface area contributed by atoms with Gasteiger partial charge in [0.05, 0.1) is 27.4 Å². The summed E-state index contributed by atoms with van der Waals surface area (Å²) in [5.74, 6) is -0.0630. The molecule has 2 heterocycles. The zero-order valence-corrected chi connectivity index (χ0v) is 14.7. The number of amides is 2. The fraction of sp³-hybridized carbons (Fsp3) is 0. The van der Waals surface area contributed by atoms with E-state index in [0.29, 0.717) is 38.3 Å². The minimum atomic E-state index is -0.466. The summed E-state index contributed by atoms with van der Waals surface area (Å²) in [6.45, 7) is 0. The molecule has 0 unspecified atom stereocenters. The monoisotopic (exact) mass is 384 g/mol. The molecule has 128 valence electrons. The van der Waals surface area contributed by atoms with Crippen molar-refractivity contribution in [1.82, 2.24) is 5.01 Å². The van der Waals surface area contributed by atoms with Crippen molar-refractivity contribution in [2.45, 2.75) is 0 Å². The predicted octanol–water partition coefficient (Wildman–Crippen LogP) is 4.88. The van der Waals surface area contributed by atoms with Crippen LogP contribution in [0.2, 0.25) is 10.0 Å². The van der Waals surface area contributed by atoms with Crippen LogP contribution in [0.4, 0.5) is 0 Å². The molecule has 26 heavy (non-hydrogen) atoms. The molecule has 0 aliphatic carbocycles. The molecule has 0 atom stereocenters. The van der Waals surface area contributed by atoms with Crippen LogP contribution in [-0.2, 0) is 0 Å². The van der Waals surface area contributed by atoms with E-state index in [1.165, 1.54) is 6.21 Å². The van der Waals surface area contributed by atoms with Crippen LogP contribution in [0.1, 0.15) is 26.5 Å². The number of fused-ring (bicyclic) bond motifs is 1. The van der Waals surface area contributed by atoms with Gasteiger partial charge in [-0.3, -0.25) is 9.59 Å². The molecule has 0 N–H and O–H groups in total. The van der Waals surface area contributed by atoms with Crippen LogP contribution in [0, 0.1) is 0 Å². The van der Waals surface area contributed by atoms with Gasteiger partial charge in [-0.25, -0.2) is 0 Å². The summed E-state index contributed by atoms with van der Waals surface area (Å²) in [4.78, 5) is 24.5. The second-order valence-corrected chi connectivity index (χ2v) is 6.30. The Morgan fingerprint density at radius 1 is 0.846 bits per heavy atom. The summed E-state index contributed by atoms with van der Waals surface area (Å²) in [7, 11) is 0. The molecular weight excluding hydrogens is 375 g/mol. The van der Waals surface area contributed by atoms with Gasteiger partial charge in [0.2, 0.25) is 0 Å². The third kappa shape index (κ3) is 2.71. The Morgan fingerprint density at radius 3 is 2.19 bits per heavy atom. The number of hydrazone groups is 1. The molecule has 2 amide bonds. The van der Waals surface area contributed by atoms with Crippen molar-refractivity contribution in [2.24, 2.45) is 5.10 Å². The topological polar surface area (TPSA) is 62.9 Å². The zero-order chi connectivity index (χ0) is 18.3. The van der Waals surface area contributed by atoms with Crippen molar-refractivity contribution >= 4 is 41.2 Å². The molecule has 0 fully saturated rings. The summed E-state index contributed by atoms with van der Waals surface area (Å²) in [6, 6.07) is 15.2. The maximum absolute atomic E-state index is 12.3. The summed E-state index contributed by atoms with van der Waals surface area (Å²) in [6.07, 6.45) is 1.31. The van der Waals surface area contributed by atoms with E-state index in [1.807, 2.05) is 0 Å². The van der Waals surface area contributed by atoms with E-state index < -0.39 is 11.8 Å². The number of imide groups is 1. The van der Waals surface area contributed by atoms with Gasteiger partial charge in [-0.05, 0) is 36.4 Å². The molecule has 3 aromatic rings. The van der Waals surface area contributed by atoms with Crippen LogP contribution in [0.5, 0.6) is 0 Å².